The standard InChI is InChI=1S/C23H26N2O/c1-3-5-6-7-8-18-11-14-21(23(17-25)22(18)16-24)19-9-12-20(13-10-19)26-15-4-2/h9-14H,3-8,15H2,1-2H3. The van der Waals surface area contributed by atoms with Gasteiger partial charge in [0.25, 0.3) is 0 Å². The van der Waals surface area contributed by atoms with Gasteiger partial charge in [-0.15, -0.1) is 0 Å². The van der Waals surface area contributed by atoms with Crippen LogP contribution in [0.4, 0.5) is 0 Å². The van der Waals surface area contributed by atoms with Crippen LogP contribution >= 0.6 is 0 Å². The molecule has 0 radical (unpaired) electrons. The molecule has 3 heteroatoms. The molecule has 0 bridgehead atoms. The molecule has 0 aromatic heterocycles. The predicted molar refractivity (Wildman–Crippen MR) is 105 cm³/mol. The van der Waals surface area contributed by atoms with Gasteiger partial charge in [-0.05, 0) is 42.5 Å². The molecule has 0 aliphatic rings. The molecule has 0 N–H and O–H groups in total. The molecule has 2 rings (SSSR count). The van der Waals surface area contributed by atoms with Gasteiger partial charge in [0.15, 0.2) is 0 Å². The zero-order valence-corrected chi connectivity index (χ0v) is 15.7. The van der Waals surface area contributed by atoms with Crippen molar-refractivity contribution in [1.82, 2.24) is 0 Å². The van der Waals surface area contributed by atoms with Crippen LogP contribution in [0.15, 0.2) is 36.4 Å². The van der Waals surface area contributed by atoms with Crippen molar-refractivity contribution in [1.29, 1.82) is 10.5 Å². The van der Waals surface area contributed by atoms with Gasteiger partial charge in [0.2, 0.25) is 0 Å². The number of nitriles is 2. The minimum absolute atomic E-state index is 0.475. The molecule has 0 heterocycles. The highest BCUT2D eigenvalue weighted by Crippen LogP contribution is 2.30. The Kier molecular flexibility index (Phi) is 7.72. The van der Waals surface area contributed by atoms with Gasteiger partial charge in [-0.2, -0.15) is 10.5 Å². The molecule has 2 aromatic carbocycles. The lowest BCUT2D eigenvalue weighted by Crippen LogP contribution is -1.98. The maximum Gasteiger partial charge on any atom is 0.119 e. The van der Waals surface area contributed by atoms with E-state index in [1.807, 2.05) is 36.4 Å². The van der Waals surface area contributed by atoms with E-state index in [-0.39, 0.29) is 0 Å². The first-order valence-corrected chi connectivity index (χ1v) is 9.44. The average molecular weight is 346 g/mol. The minimum atomic E-state index is 0.475. The van der Waals surface area contributed by atoms with E-state index in [4.69, 9.17) is 4.74 Å². The number of hydrogen-bond donors (Lipinski definition) is 0. The number of benzene rings is 2. The summed E-state index contributed by atoms with van der Waals surface area (Å²) in [6.07, 6.45) is 6.41. The van der Waals surface area contributed by atoms with Crippen molar-refractivity contribution in [3.8, 4) is 29.0 Å². The fourth-order valence-electron chi connectivity index (χ4n) is 3.03. The van der Waals surface area contributed by atoms with Crippen LogP contribution in [0.3, 0.4) is 0 Å². The first-order chi connectivity index (χ1) is 12.7. The molecule has 0 unspecified atom stereocenters. The third-order valence-electron chi connectivity index (χ3n) is 4.45. The molecule has 0 amide bonds. The number of rotatable bonds is 9. The summed E-state index contributed by atoms with van der Waals surface area (Å²) in [6, 6.07) is 16.2. The lowest BCUT2D eigenvalue weighted by molar-refractivity contribution is 0.317. The van der Waals surface area contributed by atoms with E-state index in [1.165, 1.54) is 12.8 Å². The molecule has 26 heavy (non-hydrogen) atoms. The summed E-state index contributed by atoms with van der Waals surface area (Å²) in [5.41, 5.74) is 3.71. The molecule has 0 aliphatic carbocycles. The van der Waals surface area contributed by atoms with Crippen molar-refractivity contribution in [2.24, 2.45) is 0 Å². The van der Waals surface area contributed by atoms with E-state index in [2.05, 4.69) is 26.0 Å². The molecule has 0 saturated carbocycles. The Morgan fingerprint density at radius 2 is 1.54 bits per heavy atom. The monoisotopic (exact) mass is 346 g/mol. The summed E-state index contributed by atoms with van der Waals surface area (Å²) in [7, 11) is 0. The third-order valence-corrected chi connectivity index (χ3v) is 4.45. The average Bonchev–Trinajstić information content (AvgIpc) is 2.69. The van der Waals surface area contributed by atoms with Crippen molar-refractivity contribution in [2.45, 2.75) is 52.4 Å². The fourth-order valence-corrected chi connectivity index (χ4v) is 3.03. The van der Waals surface area contributed by atoms with Gasteiger partial charge in [-0.25, -0.2) is 0 Å². The Labute approximate surface area is 156 Å². The Morgan fingerprint density at radius 1 is 0.808 bits per heavy atom. The van der Waals surface area contributed by atoms with Crippen LogP contribution in [-0.2, 0) is 6.42 Å². The van der Waals surface area contributed by atoms with Crippen LogP contribution in [0.1, 0.15) is 62.6 Å². The maximum absolute atomic E-state index is 9.67. The van der Waals surface area contributed by atoms with Crippen molar-refractivity contribution in [3.05, 3.63) is 53.1 Å². The topological polar surface area (TPSA) is 56.8 Å². The van der Waals surface area contributed by atoms with E-state index in [0.717, 1.165) is 48.1 Å². The predicted octanol–water partition coefficient (Wildman–Crippen LogP) is 6.01. The second-order valence-corrected chi connectivity index (χ2v) is 6.43. The number of ether oxygens (including phenoxy) is 1. The van der Waals surface area contributed by atoms with Crippen molar-refractivity contribution < 1.29 is 4.74 Å². The first kappa shape index (κ1) is 19.5. The Balaban J connectivity index is 2.29. The number of nitrogens with zero attached hydrogens (tertiary/aromatic N) is 2. The zero-order chi connectivity index (χ0) is 18.8. The highest BCUT2D eigenvalue weighted by molar-refractivity contribution is 5.75. The molecule has 134 valence electrons. The van der Waals surface area contributed by atoms with Gasteiger partial charge in [0, 0.05) is 5.56 Å². The summed E-state index contributed by atoms with van der Waals surface area (Å²) >= 11 is 0. The maximum atomic E-state index is 9.67. The van der Waals surface area contributed by atoms with E-state index >= 15 is 0 Å². The third kappa shape index (κ3) is 4.87. The highest BCUT2D eigenvalue weighted by Gasteiger charge is 2.14. The van der Waals surface area contributed by atoms with Crippen LogP contribution < -0.4 is 4.74 Å². The second-order valence-electron chi connectivity index (χ2n) is 6.43. The summed E-state index contributed by atoms with van der Waals surface area (Å²) in [4.78, 5) is 0. The first-order valence-electron chi connectivity index (χ1n) is 9.44. The van der Waals surface area contributed by atoms with Gasteiger partial charge in [-0.1, -0.05) is 57.4 Å². The Hall–Kier alpha value is -2.78. The molecular weight excluding hydrogens is 320 g/mol. The Morgan fingerprint density at radius 3 is 2.15 bits per heavy atom. The highest BCUT2D eigenvalue weighted by atomic mass is 16.5. The number of unbranched alkanes of at least 4 members (excludes halogenated alkanes) is 3. The van der Waals surface area contributed by atoms with Crippen molar-refractivity contribution in [3.63, 3.8) is 0 Å². The molecule has 0 atom stereocenters. The quantitative estimate of drug-likeness (QED) is 0.522. The van der Waals surface area contributed by atoms with Gasteiger partial charge in [0.1, 0.15) is 17.9 Å². The molecule has 0 fully saturated rings. The molecule has 0 saturated heterocycles. The van der Waals surface area contributed by atoms with Crippen molar-refractivity contribution in [2.75, 3.05) is 6.61 Å². The molecule has 3 nitrogen and oxygen atoms in total. The van der Waals surface area contributed by atoms with Gasteiger partial charge in [0.05, 0.1) is 17.7 Å². The summed E-state index contributed by atoms with van der Waals surface area (Å²) in [6.45, 7) is 4.94. The smallest absolute Gasteiger partial charge is 0.119 e. The van der Waals surface area contributed by atoms with Crippen LogP contribution in [0.2, 0.25) is 0 Å². The fraction of sp³-hybridized carbons (Fsp3) is 0.391. The Bertz CT molecular complexity index is 795. The van der Waals surface area contributed by atoms with Crippen molar-refractivity contribution >= 4 is 0 Å². The zero-order valence-electron chi connectivity index (χ0n) is 15.7. The summed E-state index contributed by atoms with van der Waals surface area (Å²) in [5.74, 6) is 0.821. The molecular formula is C23H26N2O. The number of hydrogen-bond acceptors (Lipinski definition) is 3. The largest absolute Gasteiger partial charge is 0.494 e. The lowest BCUT2D eigenvalue weighted by Gasteiger charge is -2.11. The van der Waals surface area contributed by atoms with Crippen LogP contribution in [-0.4, -0.2) is 6.61 Å². The van der Waals surface area contributed by atoms with Crippen LogP contribution in [0, 0.1) is 22.7 Å². The van der Waals surface area contributed by atoms with E-state index in [9.17, 15) is 10.5 Å². The summed E-state index contributed by atoms with van der Waals surface area (Å²) in [5, 5.41) is 19.3. The summed E-state index contributed by atoms with van der Waals surface area (Å²) < 4.78 is 5.61. The normalized spacial score (nSPS) is 10.2. The lowest BCUT2D eigenvalue weighted by atomic mass is 9.91. The van der Waals surface area contributed by atoms with Gasteiger partial charge in [-0.3, -0.25) is 0 Å². The van der Waals surface area contributed by atoms with E-state index in [0.29, 0.717) is 17.7 Å². The van der Waals surface area contributed by atoms with E-state index in [1.54, 1.807) is 0 Å². The second kappa shape index (κ2) is 10.3. The molecule has 2 aromatic rings. The molecule has 0 spiro atoms. The van der Waals surface area contributed by atoms with Gasteiger partial charge >= 0.3 is 0 Å². The number of aryl methyl sites for hydroxylation is 1. The van der Waals surface area contributed by atoms with E-state index < -0.39 is 0 Å². The van der Waals surface area contributed by atoms with Gasteiger partial charge < -0.3 is 4.74 Å². The minimum Gasteiger partial charge on any atom is -0.494 e. The molecule has 0 aliphatic heterocycles. The van der Waals surface area contributed by atoms with Crippen LogP contribution in [0.25, 0.3) is 11.1 Å². The SMILES string of the molecule is CCCCCCc1ccc(-c2ccc(OCCC)cc2)c(C#N)c1C#N. The van der Waals surface area contributed by atoms with Crippen LogP contribution in [0.5, 0.6) is 5.75 Å².